The number of nitrogens with zero attached hydrogens (tertiary/aromatic N) is 2. The van der Waals surface area contributed by atoms with Gasteiger partial charge in [0.1, 0.15) is 0 Å². The number of aryl methyl sites for hydroxylation is 2. The quantitative estimate of drug-likeness (QED) is 0.828. The van der Waals surface area contributed by atoms with Crippen LogP contribution in [0.2, 0.25) is 0 Å². The third-order valence-corrected chi connectivity index (χ3v) is 3.00. The minimum Gasteiger partial charge on any atom is -0.394 e. The van der Waals surface area contributed by atoms with Crippen LogP contribution >= 0.6 is 0 Å². The first-order valence-electron chi connectivity index (χ1n) is 5.76. The molecule has 0 aliphatic rings. The number of rotatable bonds is 3. The van der Waals surface area contributed by atoms with Crippen LogP contribution in [0.25, 0.3) is 5.69 Å². The molecule has 1 aromatic carbocycles. The van der Waals surface area contributed by atoms with Crippen LogP contribution in [0.3, 0.4) is 0 Å². The molecule has 0 saturated heterocycles. The zero-order valence-corrected chi connectivity index (χ0v) is 10.5. The van der Waals surface area contributed by atoms with Crippen molar-refractivity contribution in [1.29, 1.82) is 0 Å². The number of aromatic nitrogens is 2. The van der Waals surface area contributed by atoms with Crippen LogP contribution in [0.15, 0.2) is 35.3 Å². The second-order valence-corrected chi connectivity index (χ2v) is 4.38. The molecular weight excluding hydrogens is 230 g/mol. The van der Waals surface area contributed by atoms with E-state index < -0.39 is 0 Å². The highest BCUT2D eigenvalue weighted by atomic mass is 16.3. The lowest BCUT2D eigenvalue weighted by Gasteiger charge is -2.10. The van der Waals surface area contributed by atoms with E-state index in [2.05, 4.69) is 0 Å². The van der Waals surface area contributed by atoms with Gasteiger partial charge >= 0.3 is 5.69 Å². The topological polar surface area (TPSA) is 73.2 Å². The standard InChI is InChI=1S/C13H17N3O2/c1-9-7-15(2)13(18)16(9)11-5-3-10(4-6-11)12(14)8-17/h3-7,12,17H,8,14H2,1-2H3. The zero-order valence-electron chi connectivity index (χ0n) is 10.5. The molecule has 0 aliphatic heterocycles. The van der Waals surface area contributed by atoms with Crippen LogP contribution in [-0.4, -0.2) is 20.8 Å². The van der Waals surface area contributed by atoms with E-state index in [0.29, 0.717) is 0 Å². The highest BCUT2D eigenvalue weighted by molar-refractivity contribution is 5.37. The average molecular weight is 247 g/mol. The van der Waals surface area contributed by atoms with Crippen molar-refractivity contribution >= 4 is 0 Å². The van der Waals surface area contributed by atoms with Gasteiger partial charge < -0.3 is 15.4 Å². The summed E-state index contributed by atoms with van der Waals surface area (Å²) in [5, 5.41) is 8.98. The highest BCUT2D eigenvalue weighted by Gasteiger charge is 2.09. The Morgan fingerprint density at radius 2 is 1.94 bits per heavy atom. The van der Waals surface area contributed by atoms with E-state index in [0.717, 1.165) is 16.9 Å². The molecule has 0 aliphatic carbocycles. The largest absolute Gasteiger partial charge is 0.394 e. The Bertz CT molecular complexity index is 596. The lowest BCUT2D eigenvalue weighted by atomic mass is 10.1. The third-order valence-electron chi connectivity index (χ3n) is 3.00. The van der Waals surface area contributed by atoms with Gasteiger partial charge in [-0.1, -0.05) is 12.1 Å². The van der Waals surface area contributed by atoms with Crippen LogP contribution < -0.4 is 11.4 Å². The molecule has 96 valence electrons. The number of aliphatic hydroxyl groups is 1. The molecule has 18 heavy (non-hydrogen) atoms. The Kier molecular flexibility index (Phi) is 3.36. The van der Waals surface area contributed by atoms with Gasteiger partial charge in [-0.25, -0.2) is 4.79 Å². The summed E-state index contributed by atoms with van der Waals surface area (Å²) in [7, 11) is 1.72. The van der Waals surface area contributed by atoms with Crippen LogP contribution in [0, 0.1) is 6.92 Å². The number of nitrogens with two attached hydrogens (primary N) is 1. The number of aliphatic hydroxyl groups excluding tert-OH is 1. The lowest BCUT2D eigenvalue weighted by Crippen LogP contribution is -2.21. The maximum absolute atomic E-state index is 11.9. The van der Waals surface area contributed by atoms with Gasteiger partial charge in [-0.15, -0.1) is 0 Å². The molecule has 2 aromatic rings. The van der Waals surface area contributed by atoms with Crippen molar-refractivity contribution in [2.75, 3.05) is 6.61 Å². The van der Waals surface area contributed by atoms with Gasteiger partial charge in [0, 0.05) is 18.9 Å². The molecule has 0 spiro atoms. The number of benzene rings is 1. The van der Waals surface area contributed by atoms with E-state index in [1.165, 1.54) is 0 Å². The molecular formula is C13H17N3O2. The van der Waals surface area contributed by atoms with Crippen molar-refractivity contribution in [1.82, 2.24) is 9.13 Å². The van der Waals surface area contributed by atoms with E-state index in [1.54, 1.807) is 22.4 Å². The summed E-state index contributed by atoms with van der Waals surface area (Å²) in [6.45, 7) is 1.79. The molecule has 2 rings (SSSR count). The minimum atomic E-state index is -0.382. The lowest BCUT2D eigenvalue weighted by molar-refractivity contribution is 0.268. The highest BCUT2D eigenvalue weighted by Crippen LogP contribution is 2.14. The molecule has 3 N–H and O–H groups in total. The fourth-order valence-electron chi connectivity index (χ4n) is 1.99. The van der Waals surface area contributed by atoms with Gasteiger partial charge in [0.05, 0.1) is 18.3 Å². The molecule has 1 heterocycles. The number of hydrogen-bond acceptors (Lipinski definition) is 3. The summed E-state index contributed by atoms with van der Waals surface area (Å²) in [5.74, 6) is 0. The van der Waals surface area contributed by atoms with Crippen LogP contribution in [0.4, 0.5) is 0 Å². The van der Waals surface area contributed by atoms with Gasteiger partial charge in [-0.3, -0.25) is 4.57 Å². The maximum atomic E-state index is 11.9. The van der Waals surface area contributed by atoms with E-state index in [4.69, 9.17) is 10.8 Å². The number of hydrogen-bond donors (Lipinski definition) is 2. The Morgan fingerprint density at radius 3 is 2.39 bits per heavy atom. The first kappa shape index (κ1) is 12.6. The second kappa shape index (κ2) is 4.80. The Balaban J connectivity index is 2.44. The van der Waals surface area contributed by atoms with Crippen molar-refractivity contribution in [2.45, 2.75) is 13.0 Å². The van der Waals surface area contributed by atoms with E-state index in [9.17, 15) is 4.79 Å². The molecule has 0 saturated carbocycles. The zero-order chi connectivity index (χ0) is 13.3. The number of imidazole rings is 1. The summed E-state index contributed by atoms with van der Waals surface area (Å²) in [6, 6.07) is 6.94. The monoisotopic (exact) mass is 247 g/mol. The fraction of sp³-hybridized carbons (Fsp3) is 0.308. The van der Waals surface area contributed by atoms with Gasteiger partial charge in [0.15, 0.2) is 0 Å². The molecule has 0 bridgehead atoms. The summed E-state index contributed by atoms with van der Waals surface area (Å²) in [5.41, 5.74) is 8.17. The first-order chi connectivity index (χ1) is 8.54. The summed E-state index contributed by atoms with van der Waals surface area (Å²) < 4.78 is 3.18. The predicted octanol–water partition coefficient (Wildman–Crippen LogP) is 0.477. The van der Waals surface area contributed by atoms with Crippen LogP contribution in [0.1, 0.15) is 17.3 Å². The molecule has 1 atom stereocenters. The van der Waals surface area contributed by atoms with Crippen LogP contribution in [-0.2, 0) is 7.05 Å². The van der Waals surface area contributed by atoms with Crippen molar-refractivity contribution < 1.29 is 5.11 Å². The molecule has 1 aromatic heterocycles. The SMILES string of the molecule is Cc1cn(C)c(=O)n1-c1ccc(C(N)CO)cc1. The van der Waals surface area contributed by atoms with Crippen LogP contribution in [0.5, 0.6) is 0 Å². The second-order valence-electron chi connectivity index (χ2n) is 4.38. The third kappa shape index (κ3) is 2.10. The Morgan fingerprint density at radius 1 is 1.33 bits per heavy atom. The van der Waals surface area contributed by atoms with Crippen molar-refractivity contribution in [3.8, 4) is 5.69 Å². The smallest absolute Gasteiger partial charge is 0.332 e. The summed E-state index contributed by atoms with van der Waals surface area (Å²) >= 11 is 0. The van der Waals surface area contributed by atoms with E-state index >= 15 is 0 Å². The molecule has 5 nitrogen and oxygen atoms in total. The average Bonchev–Trinajstić information content (AvgIpc) is 2.63. The molecule has 0 amide bonds. The first-order valence-corrected chi connectivity index (χ1v) is 5.76. The summed E-state index contributed by atoms with van der Waals surface area (Å²) in [6.07, 6.45) is 1.79. The van der Waals surface area contributed by atoms with Gasteiger partial charge in [-0.05, 0) is 24.6 Å². The van der Waals surface area contributed by atoms with Crippen molar-refractivity contribution in [2.24, 2.45) is 12.8 Å². The Hall–Kier alpha value is -1.85. The minimum absolute atomic E-state index is 0.0771. The molecule has 0 fully saturated rings. The molecule has 5 heteroatoms. The maximum Gasteiger partial charge on any atom is 0.332 e. The molecule has 1 unspecified atom stereocenters. The van der Waals surface area contributed by atoms with E-state index in [1.807, 2.05) is 31.2 Å². The predicted molar refractivity (Wildman–Crippen MR) is 69.8 cm³/mol. The molecule has 0 radical (unpaired) electrons. The van der Waals surface area contributed by atoms with Crippen molar-refractivity contribution in [3.63, 3.8) is 0 Å². The normalized spacial score (nSPS) is 12.7. The summed E-state index contributed by atoms with van der Waals surface area (Å²) in [4.78, 5) is 11.9. The van der Waals surface area contributed by atoms with Crippen molar-refractivity contribution in [3.05, 3.63) is 52.2 Å². The van der Waals surface area contributed by atoms with Gasteiger partial charge in [-0.2, -0.15) is 0 Å². The Labute approximate surface area is 105 Å². The van der Waals surface area contributed by atoms with Gasteiger partial charge in [0.25, 0.3) is 0 Å². The van der Waals surface area contributed by atoms with E-state index in [-0.39, 0.29) is 18.3 Å². The van der Waals surface area contributed by atoms with Gasteiger partial charge in [0.2, 0.25) is 0 Å². The fourth-order valence-corrected chi connectivity index (χ4v) is 1.99.